The first-order valence-corrected chi connectivity index (χ1v) is 6.07. The maximum absolute atomic E-state index is 8.67. The minimum Gasteiger partial charge on any atom is -0.355 e. The number of rotatable bonds is 1. The van der Waals surface area contributed by atoms with E-state index in [-0.39, 0.29) is 0 Å². The van der Waals surface area contributed by atoms with Crippen molar-refractivity contribution in [1.82, 2.24) is 4.98 Å². The molecule has 0 aromatic carbocycles. The Bertz CT molecular complexity index is 368. The molecule has 1 aliphatic heterocycles. The highest BCUT2D eigenvalue weighted by Crippen LogP contribution is 2.22. The maximum atomic E-state index is 8.67. The van der Waals surface area contributed by atoms with Crippen LogP contribution in [0.25, 0.3) is 0 Å². The van der Waals surface area contributed by atoms with Gasteiger partial charge in [0.25, 0.3) is 0 Å². The molecule has 1 atom stereocenters. The van der Waals surface area contributed by atoms with E-state index in [1.54, 1.807) is 6.20 Å². The Morgan fingerprint density at radius 1 is 1.60 bits per heavy atom. The number of nitriles is 1. The summed E-state index contributed by atoms with van der Waals surface area (Å²) in [5.74, 6) is 2.14. The van der Waals surface area contributed by atoms with E-state index in [4.69, 9.17) is 5.26 Å². The zero-order valence-electron chi connectivity index (χ0n) is 8.68. The summed E-state index contributed by atoms with van der Waals surface area (Å²) >= 11 is 2.00. The summed E-state index contributed by atoms with van der Waals surface area (Å²) in [5, 5.41) is 9.34. The summed E-state index contributed by atoms with van der Waals surface area (Å²) < 4.78 is 0. The summed E-state index contributed by atoms with van der Waals surface area (Å²) in [7, 11) is 0. The molecule has 1 aromatic rings. The second kappa shape index (κ2) is 4.54. The highest BCUT2D eigenvalue weighted by Gasteiger charge is 2.17. The SMILES string of the molecule is CC1CN(c2ccc(C#N)cn2)CCS1. The smallest absolute Gasteiger partial charge is 0.128 e. The molecule has 4 heteroatoms. The highest BCUT2D eigenvalue weighted by molar-refractivity contribution is 8.00. The number of hydrogen-bond acceptors (Lipinski definition) is 4. The number of hydrogen-bond donors (Lipinski definition) is 0. The van der Waals surface area contributed by atoms with Gasteiger partial charge in [0.1, 0.15) is 11.9 Å². The molecular formula is C11H13N3S. The first-order valence-electron chi connectivity index (χ1n) is 5.02. The van der Waals surface area contributed by atoms with Gasteiger partial charge < -0.3 is 4.90 Å². The van der Waals surface area contributed by atoms with E-state index in [0.29, 0.717) is 10.8 Å². The Labute approximate surface area is 94.1 Å². The third kappa shape index (κ3) is 2.42. The van der Waals surface area contributed by atoms with Crippen molar-refractivity contribution < 1.29 is 0 Å². The van der Waals surface area contributed by atoms with Gasteiger partial charge in [-0.1, -0.05) is 6.92 Å². The van der Waals surface area contributed by atoms with Crippen LogP contribution in [0.2, 0.25) is 0 Å². The molecule has 0 bridgehead atoms. The lowest BCUT2D eigenvalue weighted by atomic mass is 10.3. The Morgan fingerprint density at radius 3 is 3.07 bits per heavy atom. The molecule has 0 radical (unpaired) electrons. The predicted molar refractivity (Wildman–Crippen MR) is 63.1 cm³/mol. The van der Waals surface area contributed by atoms with Crippen LogP contribution in [-0.2, 0) is 0 Å². The van der Waals surface area contributed by atoms with Crippen LogP contribution < -0.4 is 4.90 Å². The van der Waals surface area contributed by atoms with E-state index in [0.717, 1.165) is 24.7 Å². The normalized spacial score (nSPS) is 21.1. The molecule has 1 aliphatic rings. The topological polar surface area (TPSA) is 39.9 Å². The van der Waals surface area contributed by atoms with Gasteiger partial charge in [-0.3, -0.25) is 0 Å². The van der Waals surface area contributed by atoms with Gasteiger partial charge in [0.15, 0.2) is 0 Å². The largest absolute Gasteiger partial charge is 0.355 e. The molecular weight excluding hydrogens is 206 g/mol. The van der Waals surface area contributed by atoms with Crippen LogP contribution >= 0.6 is 11.8 Å². The standard InChI is InChI=1S/C11H13N3S/c1-9-8-14(4-5-15-9)11-3-2-10(6-12)7-13-11/h2-3,7,9H,4-5,8H2,1H3. The molecule has 2 heterocycles. The average molecular weight is 219 g/mol. The average Bonchev–Trinajstić information content (AvgIpc) is 2.29. The summed E-state index contributed by atoms with van der Waals surface area (Å²) in [6, 6.07) is 5.84. The van der Waals surface area contributed by atoms with Gasteiger partial charge in [0.2, 0.25) is 0 Å². The number of anilines is 1. The first-order chi connectivity index (χ1) is 7.29. The Kier molecular flexibility index (Phi) is 3.12. The molecule has 0 aliphatic carbocycles. The number of nitrogens with zero attached hydrogens (tertiary/aromatic N) is 3. The van der Waals surface area contributed by atoms with Crippen LogP contribution in [0.5, 0.6) is 0 Å². The molecule has 0 spiro atoms. The highest BCUT2D eigenvalue weighted by atomic mass is 32.2. The third-order valence-corrected chi connectivity index (χ3v) is 3.58. The number of pyridine rings is 1. The Morgan fingerprint density at radius 2 is 2.47 bits per heavy atom. The zero-order chi connectivity index (χ0) is 10.7. The quantitative estimate of drug-likeness (QED) is 0.723. The van der Waals surface area contributed by atoms with Crippen molar-refractivity contribution in [1.29, 1.82) is 5.26 Å². The molecule has 2 rings (SSSR count). The predicted octanol–water partition coefficient (Wildman–Crippen LogP) is 1.89. The molecule has 1 fully saturated rings. The van der Waals surface area contributed by atoms with E-state index in [9.17, 15) is 0 Å². The van der Waals surface area contributed by atoms with Gasteiger partial charge in [-0.2, -0.15) is 17.0 Å². The zero-order valence-corrected chi connectivity index (χ0v) is 9.50. The van der Waals surface area contributed by atoms with Crippen molar-refractivity contribution in [3.63, 3.8) is 0 Å². The molecule has 1 aromatic heterocycles. The summed E-state index contributed by atoms with van der Waals surface area (Å²) in [6.07, 6.45) is 1.64. The lowest BCUT2D eigenvalue weighted by Crippen LogP contribution is -2.37. The maximum Gasteiger partial charge on any atom is 0.128 e. The lowest BCUT2D eigenvalue weighted by molar-refractivity contribution is 0.770. The summed E-state index contributed by atoms with van der Waals surface area (Å²) in [4.78, 5) is 6.58. The number of aromatic nitrogens is 1. The Hall–Kier alpha value is -1.21. The fourth-order valence-corrected chi connectivity index (χ4v) is 2.68. The molecule has 0 amide bonds. The molecule has 1 saturated heterocycles. The van der Waals surface area contributed by atoms with Crippen molar-refractivity contribution >= 4 is 17.6 Å². The van der Waals surface area contributed by atoms with Crippen molar-refractivity contribution in [3.8, 4) is 6.07 Å². The Balaban J connectivity index is 2.12. The van der Waals surface area contributed by atoms with Crippen LogP contribution in [-0.4, -0.2) is 29.1 Å². The molecule has 0 saturated carbocycles. The van der Waals surface area contributed by atoms with Gasteiger partial charge in [-0.05, 0) is 12.1 Å². The lowest BCUT2D eigenvalue weighted by Gasteiger charge is -2.31. The van der Waals surface area contributed by atoms with Crippen molar-refractivity contribution in [2.24, 2.45) is 0 Å². The molecule has 1 unspecified atom stereocenters. The van der Waals surface area contributed by atoms with Crippen molar-refractivity contribution in [3.05, 3.63) is 23.9 Å². The van der Waals surface area contributed by atoms with Crippen LogP contribution in [0, 0.1) is 11.3 Å². The van der Waals surface area contributed by atoms with Crippen LogP contribution in [0.15, 0.2) is 18.3 Å². The second-order valence-electron chi connectivity index (χ2n) is 3.64. The van der Waals surface area contributed by atoms with Crippen molar-refractivity contribution in [2.45, 2.75) is 12.2 Å². The fourth-order valence-electron chi connectivity index (χ4n) is 1.67. The van der Waals surface area contributed by atoms with Gasteiger partial charge >= 0.3 is 0 Å². The molecule has 0 N–H and O–H groups in total. The van der Waals surface area contributed by atoms with E-state index < -0.39 is 0 Å². The van der Waals surface area contributed by atoms with Crippen molar-refractivity contribution in [2.75, 3.05) is 23.7 Å². The van der Waals surface area contributed by atoms with Gasteiger partial charge in [0, 0.05) is 30.3 Å². The second-order valence-corrected chi connectivity index (χ2v) is 5.19. The van der Waals surface area contributed by atoms with E-state index in [2.05, 4.69) is 22.9 Å². The minimum atomic E-state index is 0.623. The van der Waals surface area contributed by atoms with E-state index >= 15 is 0 Å². The summed E-state index contributed by atoms with van der Waals surface area (Å²) in [5.41, 5.74) is 0.623. The molecule has 3 nitrogen and oxygen atoms in total. The third-order valence-electron chi connectivity index (χ3n) is 2.44. The monoisotopic (exact) mass is 219 g/mol. The summed E-state index contributed by atoms with van der Waals surface area (Å²) in [6.45, 7) is 4.33. The van der Waals surface area contributed by atoms with E-state index in [1.165, 1.54) is 0 Å². The van der Waals surface area contributed by atoms with Gasteiger partial charge in [0.05, 0.1) is 5.56 Å². The molecule has 15 heavy (non-hydrogen) atoms. The minimum absolute atomic E-state index is 0.623. The fraction of sp³-hybridized carbons (Fsp3) is 0.455. The number of thioether (sulfide) groups is 1. The van der Waals surface area contributed by atoms with Crippen LogP contribution in [0.4, 0.5) is 5.82 Å². The van der Waals surface area contributed by atoms with Gasteiger partial charge in [-0.25, -0.2) is 4.98 Å². The van der Waals surface area contributed by atoms with Crippen LogP contribution in [0.1, 0.15) is 12.5 Å². The van der Waals surface area contributed by atoms with Gasteiger partial charge in [-0.15, -0.1) is 0 Å². The van der Waals surface area contributed by atoms with Crippen LogP contribution in [0.3, 0.4) is 0 Å². The van der Waals surface area contributed by atoms with E-state index in [1.807, 2.05) is 23.9 Å². The molecule has 78 valence electrons. The first kappa shape index (κ1) is 10.3.